The van der Waals surface area contributed by atoms with Crippen molar-refractivity contribution in [1.29, 1.82) is 0 Å². The summed E-state index contributed by atoms with van der Waals surface area (Å²) in [6.07, 6.45) is 0. The Hall–Kier alpha value is -3.20. The summed E-state index contributed by atoms with van der Waals surface area (Å²) in [5.41, 5.74) is 0.798. The number of hydrogen-bond donors (Lipinski definition) is 1. The van der Waals surface area contributed by atoms with E-state index in [0.717, 1.165) is 6.07 Å². The molecular weight excluding hydrogens is 357 g/mol. The van der Waals surface area contributed by atoms with Crippen LogP contribution in [0.25, 0.3) is 0 Å². The van der Waals surface area contributed by atoms with Crippen LogP contribution in [0.3, 0.4) is 0 Å². The molecule has 1 saturated heterocycles. The molecule has 0 spiro atoms. The summed E-state index contributed by atoms with van der Waals surface area (Å²) in [6, 6.07) is 7.86. The highest BCUT2D eigenvalue weighted by Gasteiger charge is 2.23. The minimum Gasteiger partial charge on any atom is -0.494 e. The second-order valence-corrected chi connectivity index (χ2v) is 5.86. The van der Waals surface area contributed by atoms with Crippen molar-refractivity contribution in [2.24, 2.45) is 0 Å². The van der Waals surface area contributed by atoms with Crippen LogP contribution in [0, 0.1) is 15.9 Å². The number of morpholine rings is 1. The van der Waals surface area contributed by atoms with E-state index in [4.69, 9.17) is 9.47 Å². The molecule has 0 bridgehead atoms. The monoisotopic (exact) mass is 375 g/mol. The van der Waals surface area contributed by atoms with Crippen molar-refractivity contribution in [3.63, 3.8) is 0 Å². The zero-order valence-corrected chi connectivity index (χ0v) is 14.6. The molecule has 8 nitrogen and oxygen atoms in total. The number of nitro benzene ring substituents is 1. The first kappa shape index (κ1) is 18.6. The smallest absolute Gasteiger partial charge is 0.270 e. The summed E-state index contributed by atoms with van der Waals surface area (Å²) in [5.74, 6) is -0.902. The van der Waals surface area contributed by atoms with E-state index >= 15 is 0 Å². The molecule has 9 heteroatoms. The lowest BCUT2D eigenvalue weighted by Gasteiger charge is -2.30. The zero-order chi connectivity index (χ0) is 19.4. The topological polar surface area (TPSA) is 93.9 Å². The van der Waals surface area contributed by atoms with Crippen LogP contribution < -0.4 is 15.0 Å². The predicted molar refractivity (Wildman–Crippen MR) is 97.0 cm³/mol. The molecule has 1 aliphatic heterocycles. The fourth-order valence-electron chi connectivity index (χ4n) is 2.86. The van der Waals surface area contributed by atoms with Crippen molar-refractivity contribution < 1.29 is 23.6 Å². The molecule has 2 aromatic carbocycles. The van der Waals surface area contributed by atoms with Gasteiger partial charge in [-0.25, -0.2) is 4.39 Å². The number of carbonyl (C=O) groups excluding carboxylic acids is 1. The van der Waals surface area contributed by atoms with E-state index < -0.39 is 16.6 Å². The summed E-state index contributed by atoms with van der Waals surface area (Å²) in [7, 11) is 1.36. The van der Waals surface area contributed by atoms with Crippen molar-refractivity contribution in [2.45, 2.75) is 0 Å². The highest BCUT2D eigenvalue weighted by molar-refractivity contribution is 6.09. The summed E-state index contributed by atoms with van der Waals surface area (Å²) < 4.78 is 23.8. The predicted octanol–water partition coefficient (Wildman–Crippen LogP) is 2.83. The third-order valence-electron chi connectivity index (χ3n) is 4.20. The Morgan fingerprint density at radius 2 is 2.00 bits per heavy atom. The fourth-order valence-corrected chi connectivity index (χ4v) is 2.86. The average molecular weight is 375 g/mol. The van der Waals surface area contributed by atoms with Gasteiger partial charge < -0.3 is 19.7 Å². The third-order valence-corrected chi connectivity index (χ3v) is 4.20. The molecule has 0 unspecified atom stereocenters. The van der Waals surface area contributed by atoms with Gasteiger partial charge in [0.1, 0.15) is 11.6 Å². The maximum Gasteiger partial charge on any atom is 0.270 e. The van der Waals surface area contributed by atoms with Crippen LogP contribution in [0.2, 0.25) is 0 Å². The van der Waals surface area contributed by atoms with Crippen LogP contribution in [0.5, 0.6) is 5.75 Å². The van der Waals surface area contributed by atoms with E-state index in [1.165, 1.54) is 31.4 Å². The number of amides is 1. The molecule has 3 rings (SSSR count). The second-order valence-electron chi connectivity index (χ2n) is 5.86. The van der Waals surface area contributed by atoms with Gasteiger partial charge in [0.25, 0.3) is 11.6 Å². The largest absolute Gasteiger partial charge is 0.494 e. The summed E-state index contributed by atoms with van der Waals surface area (Å²) in [6.45, 7) is 2.14. The number of halogens is 1. The lowest BCUT2D eigenvalue weighted by atomic mass is 10.1. The Morgan fingerprint density at radius 1 is 1.26 bits per heavy atom. The summed E-state index contributed by atoms with van der Waals surface area (Å²) in [5, 5.41) is 13.8. The number of benzene rings is 2. The van der Waals surface area contributed by atoms with E-state index in [1.807, 2.05) is 4.90 Å². The SMILES string of the molecule is COc1cc(F)ccc1NC(=O)c1cc([N+](=O)[O-])ccc1N1CCOCC1. The Bertz CT molecular complexity index is 868. The number of nitrogens with zero attached hydrogens (tertiary/aromatic N) is 2. The molecule has 0 atom stereocenters. The number of carbonyl (C=O) groups is 1. The number of non-ortho nitro benzene ring substituents is 1. The standard InChI is InChI=1S/C18H18FN3O5/c1-26-17-10-12(19)2-4-15(17)20-18(23)14-11-13(22(24)25)3-5-16(14)21-6-8-27-9-7-21/h2-5,10-11H,6-9H2,1H3,(H,20,23). The number of ether oxygens (including phenoxy) is 2. The van der Waals surface area contributed by atoms with Crippen LogP contribution in [0.1, 0.15) is 10.4 Å². The van der Waals surface area contributed by atoms with Gasteiger partial charge in [-0.1, -0.05) is 0 Å². The van der Waals surface area contributed by atoms with Crippen LogP contribution in [-0.4, -0.2) is 44.2 Å². The molecular formula is C18H18FN3O5. The number of nitro groups is 1. The second kappa shape index (κ2) is 8.00. The van der Waals surface area contributed by atoms with E-state index in [9.17, 15) is 19.3 Å². The number of anilines is 2. The molecule has 1 amide bonds. The van der Waals surface area contributed by atoms with E-state index in [0.29, 0.717) is 32.0 Å². The quantitative estimate of drug-likeness (QED) is 0.638. The first-order valence-corrected chi connectivity index (χ1v) is 8.25. The molecule has 0 aromatic heterocycles. The number of hydrogen-bond acceptors (Lipinski definition) is 6. The number of rotatable bonds is 5. The van der Waals surface area contributed by atoms with E-state index in [1.54, 1.807) is 6.07 Å². The van der Waals surface area contributed by atoms with Gasteiger partial charge >= 0.3 is 0 Å². The Kier molecular flexibility index (Phi) is 5.51. The molecule has 1 heterocycles. The lowest BCUT2D eigenvalue weighted by molar-refractivity contribution is -0.384. The molecule has 0 aliphatic carbocycles. The Labute approximate surface area is 154 Å². The van der Waals surface area contributed by atoms with Crippen LogP contribution >= 0.6 is 0 Å². The van der Waals surface area contributed by atoms with Gasteiger partial charge in [-0.3, -0.25) is 14.9 Å². The minimum atomic E-state index is -0.557. The molecule has 142 valence electrons. The number of nitrogens with one attached hydrogen (secondary N) is 1. The molecule has 27 heavy (non-hydrogen) atoms. The molecule has 0 radical (unpaired) electrons. The Morgan fingerprint density at radius 3 is 2.67 bits per heavy atom. The van der Waals surface area contributed by atoms with Gasteiger partial charge in [0.05, 0.1) is 42.2 Å². The van der Waals surface area contributed by atoms with E-state index in [-0.39, 0.29) is 22.7 Å². The van der Waals surface area contributed by atoms with Crippen molar-refractivity contribution in [2.75, 3.05) is 43.6 Å². The highest BCUT2D eigenvalue weighted by atomic mass is 19.1. The van der Waals surface area contributed by atoms with Crippen molar-refractivity contribution in [3.8, 4) is 5.75 Å². The van der Waals surface area contributed by atoms with Crippen molar-refractivity contribution in [3.05, 3.63) is 57.9 Å². The van der Waals surface area contributed by atoms with Crippen LogP contribution in [-0.2, 0) is 4.74 Å². The minimum absolute atomic E-state index is 0.150. The van der Waals surface area contributed by atoms with Crippen LogP contribution in [0.15, 0.2) is 36.4 Å². The molecule has 0 saturated carbocycles. The number of methoxy groups -OCH3 is 1. The van der Waals surface area contributed by atoms with Gasteiger partial charge in [0.15, 0.2) is 0 Å². The maximum atomic E-state index is 13.4. The fraction of sp³-hybridized carbons (Fsp3) is 0.278. The van der Waals surface area contributed by atoms with Crippen molar-refractivity contribution >= 4 is 23.0 Å². The molecule has 1 aliphatic rings. The van der Waals surface area contributed by atoms with Gasteiger partial charge in [0, 0.05) is 31.3 Å². The van der Waals surface area contributed by atoms with E-state index in [2.05, 4.69) is 5.32 Å². The van der Waals surface area contributed by atoms with Gasteiger partial charge in [-0.2, -0.15) is 0 Å². The first-order valence-electron chi connectivity index (χ1n) is 8.25. The van der Waals surface area contributed by atoms with Gasteiger partial charge in [-0.05, 0) is 18.2 Å². The lowest BCUT2D eigenvalue weighted by Crippen LogP contribution is -2.37. The normalized spacial score (nSPS) is 13.9. The van der Waals surface area contributed by atoms with Crippen LogP contribution in [0.4, 0.5) is 21.5 Å². The molecule has 1 fully saturated rings. The summed E-state index contributed by atoms with van der Waals surface area (Å²) in [4.78, 5) is 25.4. The average Bonchev–Trinajstić information content (AvgIpc) is 2.69. The molecule has 1 N–H and O–H groups in total. The zero-order valence-electron chi connectivity index (χ0n) is 14.6. The maximum absolute atomic E-state index is 13.4. The highest BCUT2D eigenvalue weighted by Crippen LogP contribution is 2.30. The van der Waals surface area contributed by atoms with Gasteiger partial charge in [-0.15, -0.1) is 0 Å². The Balaban J connectivity index is 1.96. The van der Waals surface area contributed by atoms with Gasteiger partial charge in [0.2, 0.25) is 0 Å². The van der Waals surface area contributed by atoms with Crippen molar-refractivity contribution in [1.82, 2.24) is 0 Å². The third kappa shape index (κ3) is 4.14. The first-order chi connectivity index (χ1) is 13.0. The summed E-state index contributed by atoms with van der Waals surface area (Å²) >= 11 is 0. The molecule has 2 aromatic rings.